The Labute approximate surface area is 101 Å². The number of rotatable bonds is 9. The molecule has 0 aromatic carbocycles. The van der Waals surface area contributed by atoms with Crippen LogP contribution in [-0.4, -0.2) is 28.9 Å². The third kappa shape index (κ3) is 8.24. The Kier molecular flexibility index (Phi) is 7.75. The quantitative estimate of drug-likeness (QED) is 0.510. The predicted molar refractivity (Wildman–Crippen MR) is 62.1 cm³/mol. The van der Waals surface area contributed by atoms with Gasteiger partial charge < -0.3 is 16.2 Å². The molecule has 2 amide bonds. The molecule has 0 fully saturated rings. The van der Waals surface area contributed by atoms with Gasteiger partial charge in [0.05, 0.1) is 0 Å². The van der Waals surface area contributed by atoms with Crippen LogP contribution in [0.4, 0.5) is 0 Å². The van der Waals surface area contributed by atoms with Gasteiger partial charge in [-0.25, -0.2) is 4.79 Å². The molecule has 0 aromatic heterocycles. The maximum absolute atomic E-state index is 11.4. The lowest BCUT2D eigenvalue weighted by atomic mass is 10.1. The number of carbonyl (C=O) groups is 3. The Morgan fingerprint density at radius 3 is 2.35 bits per heavy atom. The number of amides is 2. The summed E-state index contributed by atoms with van der Waals surface area (Å²) in [6.07, 6.45) is 2.97. The molecule has 6 heteroatoms. The van der Waals surface area contributed by atoms with Crippen molar-refractivity contribution in [1.82, 2.24) is 5.32 Å². The molecule has 0 radical (unpaired) electrons. The number of unbranched alkanes of at least 4 members (excludes halogenated alkanes) is 2. The molecule has 0 spiro atoms. The normalized spacial score (nSPS) is 11.8. The summed E-state index contributed by atoms with van der Waals surface area (Å²) in [6, 6.07) is -1.03. The van der Waals surface area contributed by atoms with Crippen LogP contribution in [0.3, 0.4) is 0 Å². The van der Waals surface area contributed by atoms with Gasteiger partial charge >= 0.3 is 5.97 Å². The van der Waals surface area contributed by atoms with Crippen LogP contribution in [0.25, 0.3) is 0 Å². The second-order valence-corrected chi connectivity index (χ2v) is 3.92. The molecule has 0 aliphatic carbocycles. The van der Waals surface area contributed by atoms with Crippen LogP contribution in [0.1, 0.15) is 45.4 Å². The number of hydrogen-bond donors (Lipinski definition) is 3. The first-order chi connectivity index (χ1) is 7.97. The topological polar surface area (TPSA) is 109 Å². The second-order valence-electron chi connectivity index (χ2n) is 3.92. The number of primary amides is 1. The largest absolute Gasteiger partial charge is 0.480 e. The minimum atomic E-state index is -1.14. The minimum absolute atomic E-state index is 0.0319. The van der Waals surface area contributed by atoms with E-state index in [1.165, 1.54) is 0 Å². The second kappa shape index (κ2) is 8.55. The highest BCUT2D eigenvalue weighted by atomic mass is 16.4. The molecule has 0 aliphatic heterocycles. The van der Waals surface area contributed by atoms with Gasteiger partial charge in [-0.1, -0.05) is 19.8 Å². The maximum atomic E-state index is 11.4. The van der Waals surface area contributed by atoms with E-state index in [0.29, 0.717) is 6.42 Å². The van der Waals surface area contributed by atoms with E-state index in [-0.39, 0.29) is 18.7 Å². The van der Waals surface area contributed by atoms with E-state index in [9.17, 15) is 14.4 Å². The van der Waals surface area contributed by atoms with Gasteiger partial charge in [0, 0.05) is 12.8 Å². The standard InChI is InChI=1S/C11H20N2O4/c1-2-3-4-5-10(15)13-8(11(16)17)6-7-9(12)14/h8H,2-7H2,1H3,(H2,12,14)(H,13,15)(H,16,17). The van der Waals surface area contributed by atoms with E-state index in [1.807, 2.05) is 6.92 Å². The van der Waals surface area contributed by atoms with Gasteiger partial charge in [0.15, 0.2) is 0 Å². The van der Waals surface area contributed by atoms with Crippen molar-refractivity contribution in [1.29, 1.82) is 0 Å². The Morgan fingerprint density at radius 1 is 1.24 bits per heavy atom. The third-order valence-corrected chi connectivity index (χ3v) is 2.32. The zero-order valence-corrected chi connectivity index (χ0v) is 10.1. The Balaban J connectivity index is 4.02. The van der Waals surface area contributed by atoms with Crippen LogP contribution in [0, 0.1) is 0 Å². The molecule has 6 nitrogen and oxygen atoms in total. The Hall–Kier alpha value is -1.59. The lowest BCUT2D eigenvalue weighted by molar-refractivity contribution is -0.142. The molecule has 0 aromatic rings. The van der Waals surface area contributed by atoms with Crippen LogP contribution < -0.4 is 11.1 Å². The van der Waals surface area contributed by atoms with Crippen molar-refractivity contribution in [3.63, 3.8) is 0 Å². The van der Waals surface area contributed by atoms with Crippen molar-refractivity contribution in [3.8, 4) is 0 Å². The number of carboxylic acid groups (broad SMARTS) is 1. The van der Waals surface area contributed by atoms with E-state index in [2.05, 4.69) is 5.32 Å². The lowest BCUT2D eigenvalue weighted by Crippen LogP contribution is -2.41. The molecule has 0 heterocycles. The van der Waals surface area contributed by atoms with Crippen molar-refractivity contribution in [2.24, 2.45) is 5.73 Å². The molecule has 4 N–H and O–H groups in total. The van der Waals surface area contributed by atoms with Crippen LogP contribution >= 0.6 is 0 Å². The third-order valence-electron chi connectivity index (χ3n) is 2.32. The molecule has 0 saturated carbocycles. The van der Waals surface area contributed by atoms with Crippen molar-refractivity contribution in [2.45, 2.75) is 51.5 Å². The van der Waals surface area contributed by atoms with Gasteiger partial charge in [0.1, 0.15) is 6.04 Å². The summed E-state index contributed by atoms with van der Waals surface area (Å²) in [5.41, 5.74) is 4.93. The van der Waals surface area contributed by atoms with Crippen molar-refractivity contribution in [3.05, 3.63) is 0 Å². The first-order valence-electron chi connectivity index (χ1n) is 5.77. The van der Waals surface area contributed by atoms with Crippen molar-refractivity contribution in [2.75, 3.05) is 0 Å². The average molecular weight is 244 g/mol. The van der Waals surface area contributed by atoms with Gasteiger partial charge in [0.2, 0.25) is 11.8 Å². The van der Waals surface area contributed by atoms with Gasteiger partial charge in [-0.15, -0.1) is 0 Å². The van der Waals surface area contributed by atoms with Crippen LogP contribution in [0.2, 0.25) is 0 Å². The fourth-order valence-corrected chi connectivity index (χ4v) is 1.35. The summed E-state index contributed by atoms with van der Waals surface area (Å²) >= 11 is 0. The molecule has 0 bridgehead atoms. The summed E-state index contributed by atoms with van der Waals surface area (Å²) < 4.78 is 0. The molecule has 0 aliphatic rings. The summed E-state index contributed by atoms with van der Waals surface area (Å²) in [7, 11) is 0. The first-order valence-corrected chi connectivity index (χ1v) is 5.77. The summed E-state index contributed by atoms with van der Waals surface area (Å²) in [5.74, 6) is -2.01. The van der Waals surface area contributed by atoms with E-state index >= 15 is 0 Å². The maximum Gasteiger partial charge on any atom is 0.326 e. The fraction of sp³-hybridized carbons (Fsp3) is 0.727. The van der Waals surface area contributed by atoms with Crippen molar-refractivity contribution >= 4 is 17.8 Å². The SMILES string of the molecule is CCCCCC(=O)NC(CCC(N)=O)C(=O)O. The summed E-state index contributed by atoms with van der Waals surface area (Å²) in [4.78, 5) is 32.7. The van der Waals surface area contributed by atoms with Gasteiger partial charge in [-0.2, -0.15) is 0 Å². The van der Waals surface area contributed by atoms with Gasteiger partial charge in [-0.05, 0) is 12.8 Å². The molecular weight excluding hydrogens is 224 g/mol. The number of hydrogen-bond acceptors (Lipinski definition) is 3. The summed E-state index contributed by atoms with van der Waals surface area (Å²) in [5, 5.41) is 11.2. The monoisotopic (exact) mass is 244 g/mol. The van der Waals surface area contributed by atoms with E-state index in [1.54, 1.807) is 0 Å². The van der Waals surface area contributed by atoms with Crippen LogP contribution in [-0.2, 0) is 14.4 Å². The lowest BCUT2D eigenvalue weighted by Gasteiger charge is -2.13. The van der Waals surface area contributed by atoms with Gasteiger partial charge in [-0.3, -0.25) is 9.59 Å². The smallest absolute Gasteiger partial charge is 0.326 e. The fourth-order valence-electron chi connectivity index (χ4n) is 1.35. The molecule has 1 unspecified atom stereocenters. The predicted octanol–water partition coefficient (Wildman–Crippen LogP) is 0.402. The highest BCUT2D eigenvalue weighted by Gasteiger charge is 2.19. The number of carbonyl (C=O) groups excluding carboxylic acids is 2. The van der Waals surface area contributed by atoms with E-state index < -0.39 is 17.9 Å². The molecule has 0 rings (SSSR count). The highest BCUT2D eigenvalue weighted by Crippen LogP contribution is 2.02. The van der Waals surface area contributed by atoms with Crippen LogP contribution in [0.15, 0.2) is 0 Å². The number of nitrogens with one attached hydrogen (secondary N) is 1. The highest BCUT2D eigenvalue weighted by molar-refractivity contribution is 5.84. The first kappa shape index (κ1) is 15.4. The minimum Gasteiger partial charge on any atom is -0.480 e. The zero-order valence-electron chi connectivity index (χ0n) is 10.1. The van der Waals surface area contributed by atoms with E-state index in [0.717, 1.165) is 19.3 Å². The number of nitrogens with two attached hydrogens (primary N) is 1. The van der Waals surface area contributed by atoms with E-state index in [4.69, 9.17) is 10.8 Å². The molecule has 98 valence electrons. The molecular formula is C11H20N2O4. The Morgan fingerprint density at radius 2 is 1.88 bits per heavy atom. The molecule has 17 heavy (non-hydrogen) atoms. The van der Waals surface area contributed by atoms with Crippen molar-refractivity contribution < 1.29 is 19.5 Å². The molecule has 0 saturated heterocycles. The van der Waals surface area contributed by atoms with Crippen LogP contribution in [0.5, 0.6) is 0 Å². The number of aliphatic carboxylic acids is 1. The molecule has 1 atom stereocenters. The average Bonchev–Trinajstić information content (AvgIpc) is 2.23. The van der Waals surface area contributed by atoms with Gasteiger partial charge in [0.25, 0.3) is 0 Å². The Bertz CT molecular complexity index is 279. The zero-order chi connectivity index (χ0) is 13.3. The summed E-state index contributed by atoms with van der Waals surface area (Å²) in [6.45, 7) is 2.02. The number of carboxylic acids is 1.